The summed E-state index contributed by atoms with van der Waals surface area (Å²) in [5, 5.41) is 4.64. The lowest BCUT2D eigenvalue weighted by Crippen LogP contribution is -2.22. The summed E-state index contributed by atoms with van der Waals surface area (Å²) in [6.45, 7) is 7.53. The van der Waals surface area contributed by atoms with Gasteiger partial charge in [-0.3, -0.25) is 0 Å². The fraction of sp³-hybridized carbons (Fsp3) is 0.500. The second-order valence-corrected chi connectivity index (χ2v) is 6.39. The van der Waals surface area contributed by atoms with Crippen LogP contribution >= 0.6 is 0 Å². The van der Waals surface area contributed by atoms with Crippen molar-refractivity contribution >= 4 is 16.7 Å². The maximum atomic E-state index is 4.79. The standard InChI is InChI=1S/C18H25N3/c1-4-19-18-16(12-21(3)11-15-9-13(15)2)10-14-7-5-6-8-17(14)20-18/h5-8,10,13,15H,4,9,11-12H2,1-3H3,(H,19,20). The highest BCUT2D eigenvalue weighted by Crippen LogP contribution is 2.38. The fourth-order valence-corrected chi connectivity index (χ4v) is 3.01. The Labute approximate surface area is 127 Å². The molecule has 2 unspecified atom stereocenters. The van der Waals surface area contributed by atoms with E-state index in [1.165, 1.54) is 23.9 Å². The molecule has 0 amide bonds. The van der Waals surface area contributed by atoms with E-state index in [-0.39, 0.29) is 0 Å². The molecule has 3 rings (SSSR count). The van der Waals surface area contributed by atoms with E-state index in [2.05, 4.69) is 55.4 Å². The molecule has 21 heavy (non-hydrogen) atoms. The van der Waals surface area contributed by atoms with Gasteiger partial charge in [-0.25, -0.2) is 4.98 Å². The molecular weight excluding hydrogens is 258 g/mol. The van der Waals surface area contributed by atoms with Crippen LogP contribution in [0.2, 0.25) is 0 Å². The molecule has 0 spiro atoms. The van der Waals surface area contributed by atoms with E-state index in [9.17, 15) is 0 Å². The average Bonchev–Trinajstić information content (AvgIpc) is 3.14. The van der Waals surface area contributed by atoms with E-state index in [0.717, 1.165) is 36.3 Å². The number of hydrogen-bond acceptors (Lipinski definition) is 3. The van der Waals surface area contributed by atoms with Gasteiger partial charge < -0.3 is 10.2 Å². The maximum absolute atomic E-state index is 4.79. The van der Waals surface area contributed by atoms with Crippen LogP contribution in [0.15, 0.2) is 30.3 Å². The van der Waals surface area contributed by atoms with Crippen LogP contribution < -0.4 is 5.32 Å². The number of nitrogens with one attached hydrogen (secondary N) is 1. The first-order chi connectivity index (χ1) is 10.2. The molecular formula is C18H25N3. The molecule has 0 aliphatic heterocycles. The smallest absolute Gasteiger partial charge is 0.131 e. The minimum absolute atomic E-state index is 0.894. The van der Waals surface area contributed by atoms with Crippen molar-refractivity contribution < 1.29 is 0 Å². The molecule has 1 saturated carbocycles. The normalized spacial score (nSPS) is 21.0. The molecule has 0 saturated heterocycles. The van der Waals surface area contributed by atoms with Crippen LogP contribution in [0.5, 0.6) is 0 Å². The summed E-state index contributed by atoms with van der Waals surface area (Å²) in [4.78, 5) is 7.22. The quantitative estimate of drug-likeness (QED) is 0.875. The van der Waals surface area contributed by atoms with E-state index >= 15 is 0 Å². The Kier molecular flexibility index (Phi) is 4.11. The molecule has 2 atom stereocenters. The van der Waals surface area contributed by atoms with Crippen molar-refractivity contribution in [3.05, 3.63) is 35.9 Å². The first kappa shape index (κ1) is 14.3. The zero-order chi connectivity index (χ0) is 14.8. The molecule has 0 radical (unpaired) electrons. The van der Waals surface area contributed by atoms with Crippen molar-refractivity contribution in [3.63, 3.8) is 0 Å². The molecule has 1 aromatic heterocycles. The molecule has 1 aliphatic rings. The van der Waals surface area contributed by atoms with Gasteiger partial charge in [-0.15, -0.1) is 0 Å². The van der Waals surface area contributed by atoms with Crippen molar-refractivity contribution in [2.45, 2.75) is 26.8 Å². The lowest BCUT2D eigenvalue weighted by Gasteiger charge is -2.19. The Morgan fingerprint density at radius 1 is 1.33 bits per heavy atom. The number of benzene rings is 1. The van der Waals surface area contributed by atoms with Crippen molar-refractivity contribution in [2.75, 3.05) is 25.5 Å². The first-order valence-corrected chi connectivity index (χ1v) is 7.98. The van der Waals surface area contributed by atoms with Crippen molar-refractivity contribution in [1.82, 2.24) is 9.88 Å². The monoisotopic (exact) mass is 283 g/mol. The van der Waals surface area contributed by atoms with Gasteiger partial charge in [-0.05, 0) is 44.4 Å². The SMILES string of the molecule is CCNc1nc2ccccc2cc1CN(C)CC1CC1C. The molecule has 0 bridgehead atoms. The first-order valence-electron chi connectivity index (χ1n) is 7.98. The third kappa shape index (κ3) is 3.35. The van der Waals surface area contributed by atoms with Crippen LogP contribution in [-0.2, 0) is 6.54 Å². The van der Waals surface area contributed by atoms with Crippen LogP contribution in [0.1, 0.15) is 25.8 Å². The number of para-hydroxylation sites is 1. The predicted molar refractivity (Wildman–Crippen MR) is 89.5 cm³/mol. The number of nitrogens with zero attached hydrogens (tertiary/aromatic N) is 2. The van der Waals surface area contributed by atoms with Gasteiger partial charge in [0.1, 0.15) is 5.82 Å². The van der Waals surface area contributed by atoms with E-state index in [1.807, 2.05) is 6.07 Å². The Hall–Kier alpha value is -1.61. The van der Waals surface area contributed by atoms with Crippen LogP contribution in [0, 0.1) is 11.8 Å². The highest BCUT2D eigenvalue weighted by Gasteiger charge is 2.33. The minimum atomic E-state index is 0.894. The van der Waals surface area contributed by atoms with Crippen LogP contribution in [0.25, 0.3) is 10.9 Å². The van der Waals surface area contributed by atoms with Gasteiger partial charge in [-0.2, -0.15) is 0 Å². The molecule has 1 heterocycles. The molecule has 1 aliphatic carbocycles. The van der Waals surface area contributed by atoms with E-state index in [1.54, 1.807) is 0 Å². The lowest BCUT2D eigenvalue weighted by atomic mass is 10.1. The number of aromatic nitrogens is 1. The highest BCUT2D eigenvalue weighted by atomic mass is 15.1. The average molecular weight is 283 g/mol. The largest absolute Gasteiger partial charge is 0.370 e. The molecule has 1 aromatic carbocycles. The predicted octanol–water partition coefficient (Wildman–Crippen LogP) is 3.75. The third-order valence-corrected chi connectivity index (χ3v) is 4.41. The number of rotatable bonds is 6. The second kappa shape index (κ2) is 6.02. The topological polar surface area (TPSA) is 28.2 Å². The molecule has 1 fully saturated rings. The van der Waals surface area contributed by atoms with E-state index in [0.29, 0.717) is 0 Å². The van der Waals surface area contributed by atoms with Gasteiger partial charge in [0.15, 0.2) is 0 Å². The van der Waals surface area contributed by atoms with Gasteiger partial charge in [-0.1, -0.05) is 25.1 Å². The van der Waals surface area contributed by atoms with Crippen LogP contribution in [0.3, 0.4) is 0 Å². The van der Waals surface area contributed by atoms with Crippen LogP contribution in [0.4, 0.5) is 5.82 Å². The summed E-state index contributed by atoms with van der Waals surface area (Å²) in [6, 6.07) is 10.6. The molecule has 2 aromatic rings. The van der Waals surface area contributed by atoms with Crippen LogP contribution in [-0.4, -0.2) is 30.0 Å². The van der Waals surface area contributed by atoms with E-state index < -0.39 is 0 Å². The Morgan fingerprint density at radius 3 is 2.81 bits per heavy atom. The number of fused-ring (bicyclic) bond motifs is 1. The molecule has 112 valence electrons. The maximum Gasteiger partial charge on any atom is 0.131 e. The van der Waals surface area contributed by atoms with E-state index in [4.69, 9.17) is 4.98 Å². The van der Waals surface area contributed by atoms with Gasteiger partial charge in [0, 0.05) is 30.6 Å². The lowest BCUT2D eigenvalue weighted by molar-refractivity contribution is 0.308. The zero-order valence-corrected chi connectivity index (χ0v) is 13.3. The number of hydrogen-bond donors (Lipinski definition) is 1. The Balaban J connectivity index is 1.82. The molecule has 3 nitrogen and oxygen atoms in total. The van der Waals surface area contributed by atoms with Crippen molar-refractivity contribution in [1.29, 1.82) is 0 Å². The molecule has 1 N–H and O–H groups in total. The van der Waals surface area contributed by atoms with Gasteiger partial charge in [0.05, 0.1) is 5.52 Å². The Bertz CT molecular complexity index is 623. The van der Waals surface area contributed by atoms with Crippen molar-refractivity contribution in [2.24, 2.45) is 11.8 Å². The summed E-state index contributed by atoms with van der Waals surface area (Å²) in [7, 11) is 2.22. The number of anilines is 1. The summed E-state index contributed by atoms with van der Waals surface area (Å²) in [6.07, 6.45) is 1.39. The zero-order valence-electron chi connectivity index (χ0n) is 13.3. The second-order valence-electron chi connectivity index (χ2n) is 6.39. The number of pyridine rings is 1. The van der Waals surface area contributed by atoms with Gasteiger partial charge in [0.25, 0.3) is 0 Å². The summed E-state index contributed by atoms with van der Waals surface area (Å²) < 4.78 is 0. The molecule has 3 heteroatoms. The van der Waals surface area contributed by atoms with Gasteiger partial charge in [0.2, 0.25) is 0 Å². The van der Waals surface area contributed by atoms with Crippen molar-refractivity contribution in [3.8, 4) is 0 Å². The highest BCUT2D eigenvalue weighted by molar-refractivity contribution is 5.81. The summed E-state index contributed by atoms with van der Waals surface area (Å²) >= 11 is 0. The summed E-state index contributed by atoms with van der Waals surface area (Å²) in [5.74, 6) is 2.84. The Morgan fingerprint density at radius 2 is 2.10 bits per heavy atom. The minimum Gasteiger partial charge on any atom is -0.370 e. The summed E-state index contributed by atoms with van der Waals surface area (Å²) in [5.41, 5.74) is 2.36. The third-order valence-electron chi connectivity index (χ3n) is 4.41. The van der Waals surface area contributed by atoms with Gasteiger partial charge >= 0.3 is 0 Å². The fourth-order valence-electron chi connectivity index (χ4n) is 3.01.